The molecule has 440 valence electrons. The Labute approximate surface area is 438 Å². The van der Waals surface area contributed by atoms with E-state index in [1.807, 2.05) is 0 Å². The van der Waals surface area contributed by atoms with Gasteiger partial charge in [-0.3, -0.25) is 14.4 Å². The van der Waals surface area contributed by atoms with Crippen molar-refractivity contribution in [1.82, 2.24) is 16.0 Å². The molecule has 25 unspecified atom stereocenters. The first kappa shape index (κ1) is 61.1. The molecule has 7 aliphatic heterocycles. The molecule has 7 fully saturated rings. The number of ether oxygens (including phenoxy) is 14. The molecule has 33 nitrogen and oxygen atoms in total. The summed E-state index contributed by atoms with van der Waals surface area (Å²) in [5, 5.41) is 116. The average Bonchev–Trinajstić information content (AvgIpc) is 3.94. The van der Waals surface area contributed by atoms with E-state index in [1.54, 1.807) is 0 Å². The fraction of sp³-hybridized carbons (Fsp3) is 0.886. The van der Waals surface area contributed by atoms with Gasteiger partial charge in [0.2, 0.25) is 17.7 Å². The van der Waals surface area contributed by atoms with Crippen LogP contribution in [0.25, 0.3) is 0 Å². The minimum Gasteiger partial charge on any atom is -0.477 e. The lowest BCUT2D eigenvalue weighted by Crippen LogP contribution is -2.72. The highest BCUT2D eigenvalue weighted by Gasteiger charge is 2.64. The Hall–Kier alpha value is -3.57. The van der Waals surface area contributed by atoms with E-state index in [-0.39, 0.29) is 13.2 Å². The van der Waals surface area contributed by atoms with E-state index in [2.05, 4.69) is 16.0 Å². The Balaban J connectivity index is 1.20. The van der Waals surface area contributed by atoms with Crippen LogP contribution in [-0.4, -0.2) is 285 Å². The molecule has 0 saturated carbocycles. The minimum atomic E-state index is -2.37. The first-order valence-corrected chi connectivity index (χ1v) is 24.7. The Morgan fingerprint density at radius 3 is 1.26 bits per heavy atom. The summed E-state index contributed by atoms with van der Waals surface area (Å²) in [6.07, 6.45) is -36.0. The van der Waals surface area contributed by atoms with Crippen molar-refractivity contribution in [3.8, 4) is 0 Å². The number of aliphatic hydroxyl groups excluding tert-OH is 8. The van der Waals surface area contributed by atoms with Crippen molar-refractivity contribution in [2.75, 3.05) is 39.6 Å². The Morgan fingerprint density at radius 2 is 0.831 bits per heavy atom. The van der Waals surface area contributed by atoms with Gasteiger partial charge in [0.15, 0.2) is 31.5 Å². The molecule has 7 heterocycles. The second-order valence-corrected chi connectivity index (χ2v) is 19.6. The number of rotatable bonds is 20. The van der Waals surface area contributed by atoms with Crippen molar-refractivity contribution in [2.45, 2.75) is 206 Å². The highest BCUT2D eigenvalue weighted by molar-refractivity contribution is 5.76. The number of fused-ring (bicyclic) bond motifs is 2. The molecule has 0 radical (unpaired) electrons. The molecule has 77 heavy (non-hydrogen) atoms. The van der Waals surface area contributed by atoms with Crippen LogP contribution in [0.4, 0.5) is 0 Å². The molecule has 7 aliphatic rings. The van der Waals surface area contributed by atoms with E-state index in [1.165, 1.54) is 6.92 Å². The molecule has 33 heteroatoms. The molecule has 0 aliphatic carbocycles. The molecule has 7 saturated heterocycles. The summed E-state index contributed by atoms with van der Waals surface area (Å²) in [6.45, 7) is 3.06. The van der Waals surface area contributed by atoms with Gasteiger partial charge >= 0.3 is 11.9 Å². The van der Waals surface area contributed by atoms with Crippen molar-refractivity contribution in [2.24, 2.45) is 5.73 Å². The molecule has 27 atom stereocenters. The van der Waals surface area contributed by atoms with Gasteiger partial charge in [0, 0.05) is 41.2 Å². The number of nitrogens with one attached hydrogen (secondary N) is 3. The van der Waals surface area contributed by atoms with Crippen LogP contribution in [0.1, 0.15) is 41.5 Å². The summed E-state index contributed by atoms with van der Waals surface area (Å²) >= 11 is 0. The van der Waals surface area contributed by atoms with Gasteiger partial charge < -0.3 is 139 Å². The standard InChI is InChI=1S/C44H70N4O29/c1-13-24(56)29(71-38-23(48-16(4)55)31(26(58)18(10-50)67-38)73-40-34-32(27(59)19(11-51)68-40)74-43(5,76-34)41(60)61)21(46-14(2)53)36(65-13)72-30-22(47-15(3)54)37(66-17(9-49)25(30)57)70-28-20(12-52)69-39(64-8-7-45)35-33(28)75-44(6,77-35)42(62)63/h13,17-40,49-52,56-59H,7-12,45H2,1-6H3,(H,46,53)(H,47,54)(H,48,55)(H,60,61)(H,62,63)/t13?,17?,18?,19?,20?,21?,22?,23?,24?,25?,26?,27?,28?,29?,30?,31?,32?,33?,34?,35?,36?,37?,38?,39?,40?,43-,44-/m0/s1. The summed E-state index contributed by atoms with van der Waals surface area (Å²) in [5.74, 6) is -10.2. The molecular weight excluding hydrogens is 1050 g/mol. The Morgan fingerprint density at radius 1 is 0.481 bits per heavy atom. The van der Waals surface area contributed by atoms with E-state index in [0.717, 1.165) is 34.6 Å². The van der Waals surface area contributed by atoms with Crippen LogP contribution in [0.3, 0.4) is 0 Å². The topological polar surface area (TPSA) is 479 Å². The van der Waals surface area contributed by atoms with Crippen molar-refractivity contribution >= 4 is 29.7 Å². The predicted molar refractivity (Wildman–Crippen MR) is 240 cm³/mol. The fourth-order valence-corrected chi connectivity index (χ4v) is 10.2. The smallest absolute Gasteiger partial charge is 0.364 e. The van der Waals surface area contributed by atoms with Gasteiger partial charge in [-0.25, -0.2) is 9.59 Å². The third kappa shape index (κ3) is 12.7. The highest BCUT2D eigenvalue weighted by atomic mass is 16.8. The predicted octanol–water partition coefficient (Wildman–Crippen LogP) is -8.76. The van der Waals surface area contributed by atoms with Crippen LogP contribution >= 0.6 is 0 Å². The lowest BCUT2D eigenvalue weighted by atomic mass is 9.93. The van der Waals surface area contributed by atoms with Gasteiger partial charge in [-0.05, 0) is 6.92 Å². The number of carbonyl (C=O) groups is 5. The van der Waals surface area contributed by atoms with Gasteiger partial charge in [-0.2, -0.15) is 0 Å². The van der Waals surface area contributed by atoms with E-state index >= 15 is 0 Å². The minimum absolute atomic E-state index is 0.00844. The maximum Gasteiger partial charge on any atom is 0.364 e. The third-order valence-corrected chi connectivity index (χ3v) is 14.0. The summed E-state index contributed by atoms with van der Waals surface area (Å²) < 4.78 is 83.9. The first-order chi connectivity index (χ1) is 36.3. The van der Waals surface area contributed by atoms with Crippen LogP contribution in [0.15, 0.2) is 0 Å². The zero-order valence-electron chi connectivity index (χ0n) is 42.5. The van der Waals surface area contributed by atoms with Crippen LogP contribution in [0.5, 0.6) is 0 Å². The number of hydrogen-bond acceptors (Lipinski definition) is 28. The molecule has 7 rings (SSSR count). The molecule has 3 amide bonds. The fourth-order valence-electron chi connectivity index (χ4n) is 10.2. The zero-order valence-corrected chi connectivity index (χ0v) is 42.5. The van der Waals surface area contributed by atoms with Crippen LogP contribution in [0.2, 0.25) is 0 Å². The van der Waals surface area contributed by atoms with Crippen LogP contribution < -0.4 is 21.7 Å². The van der Waals surface area contributed by atoms with Gasteiger partial charge in [-0.1, -0.05) is 0 Å². The van der Waals surface area contributed by atoms with Gasteiger partial charge in [0.05, 0.1) is 39.1 Å². The molecule has 0 aromatic carbocycles. The molecular formula is C44H70N4O29. The van der Waals surface area contributed by atoms with Crippen LogP contribution in [-0.2, 0) is 90.3 Å². The first-order valence-electron chi connectivity index (χ1n) is 24.7. The summed E-state index contributed by atoms with van der Waals surface area (Å²) in [5.41, 5.74) is 5.63. The quantitative estimate of drug-likeness (QED) is 0.0538. The Bertz CT molecular complexity index is 2070. The van der Waals surface area contributed by atoms with E-state index < -0.39 is 221 Å². The van der Waals surface area contributed by atoms with Crippen molar-refractivity contribution < 1.29 is 141 Å². The van der Waals surface area contributed by atoms with E-state index in [4.69, 9.17) is 72.0 Å². The molecule has 0 spiro atoms. The maximum absolute atomic E-state index is 13.1. The molecule has 0 aromatic heterocycles. The average molecular weight is 1120 g/mol. The number of hydrogen-bond donors (Lipinski definition) is 14. The monoisotopic (exact) mass is 1120 g/mol. The second kappa shape index (κ2) is 25.1. The van der Waals surface area contributed by atoms with Crippen molar-refractivity contribution in [1.29, 1.82) is 0 Å². The van der Waals surface area contributed by atoms with E-state index in [9.17, 15) is 75.0 Å². The van der Waals surface area contributed by atoms with Crippen molar-refractivity contribution in [3.05, 3.63) is 0 Å². The number of aliphatic hydroxyl groups is 8. The van der Waals surface area contributed by atoms with Gasteiger partial charge in [0.25, 0.3) is 11.6 Å². The zero-order chi connectivity index (χ0) is 56.6. The lowest BCUT2D eigenvalue weighted by Gasteiger charge is -2.51. The van der Waals surface area contributed by atoms with Gasteiger partial charge in [0.1, 0.15) is 116 Å². The number of carbonyl (C=O) groups excluding carboxylic acids is 3. The lowest BCUT2D eigenvalue weighted by molar-refractivity contribution is -0.364. The van der Waals surface area contributed by atoms with Crippen LogP contribution in [0, 0.1) is 0 Å². The number of amides is 3. The number of carboxylic acid groups (broad SMARTS) is 2. The molecule has 15 N–H and O–H groups in total. The van der Waals surface area contributed by atoms with Gasteiger partial charge in [-0.15, -0.1) is 0 Å². The van der Waals surface area contributed by atoms with E-state index in [0.29, 0.717) is 0 Å². The van der Waals surface area contributed by atoms with Crippen molar-refractivity contribution in [3.63, 3.8) is 0 Å². The molecule has 0 aromatic rings. The SMILES string of the molecule is CC(=O)NC1C(OC2C(O)C(CO)OC(OC3C(CO)OC(OCCN)C4O[C@@](C)(C(=O)O)OC34)C2NC(C)=O)OC(C)C(O)C1OC1OC(CO)C(O)C(OC2OC(CO)C(O)C3O[C@](C)(C(=O)O)OC23)C1NC(C)=O. The third-order valence-electron chi connectivity index (χ3n) is 14.0. The summed E-state index contributed by atoms with van der Waals surface area (Å²) in [7, 11) is 0. The summed E-state index contributed by atoms with van der Waals surface area (Å²) in [4.78, 5) is 63.6. The Kier molecular flexibility index (Phi) is 19.9. The highest BCUT2D eigenvalue weighted by Crippen LogP contribution is 2.43. The number of carboxylic acids is 2. The number of aliphatic carboxylic acids is 2. The second-order valence-electron chi connectivity index (χ2n) is 19.6. The largest absolute Gasteiger partial charge is 0.477 e. The number of nitrogens with two attached hydrogens (primary N) is 1. The maximum atomic E-state index is 13.1. The normalized spacial score (nSPS) is 46.8. The summed E-state index contributed by atoms with van der Waals surface area (Å²) in [6, 6.07) is -5.00. The molecule has 0 bridgehead atoms.